The van der Waals surface area contributed by atoms with Crippen LogP contribution in [0.25, 0.3) is 0 Å². The Balaban J connectivity index is 1.74. The van der Waals surface area contributed by atoms with Gasteiger partial charge in [-0.25, -0.2) is 0 Å². The van der Waals surface area contributed by atoms with Crippen molar-refractivity contribution in [2.24, 2.45) is 11.7 Å². The highest BCUT2D eigenvalue weighted by molar-refractivity contribution is 5.94. The zero-order valence-electron chi connectivity index (χ0n) is 11.3. The predicted molar refractivity (Wildman–Crippen MR) is 72.6 cm³/mol. The lowest BCUT2D eigenvalue weighted by Crippen LogP contribution is -2.33. The zero-order chi connectivity index (χ0) is 13.4. The molecule has 4 nitrogen and oxygen atoms in total. The highest BCUT2D eigenvalue weighted by atomic mass is 16.5. The van der Waals surface area contributed by atoms with E-state index in [1.807, 2.05) is 30.0 Å². The molecule has 1 saturated heterocycles. The molecule has 0 bridgehead atoms. The number of carbonyl (C=O) groups is 1. The van der Waals surface area contributed by atoms with E-state index in [-0.39, 0.29) is 11.9 Å². The number of ether oxygens (including phenoxy) is 1. The minimum Gasteiger partial charge on any atom is -0.372 e. The first-order chi connectivity index (χ1) is 9.15. The molecule has 0 spiro atoms. The van der Waals surface area contributed by atoms with Gasteiger partial charge in [-0.15, -0.1) is 0 Å². The summed E-state index contributed by atoms with van der Waals surface area (Å²) in [5.74, 6) is 0.555. The molecule has 2 atom stereocenters. The Morgan fingerprint density at radius 1 is 1.42 bits per heavy atom. The maximum Gasteiger partial charge on any atom is 0.253 e. The minimum absolute atomic E-state index is 0.123. The average Bonchev–Trinajstić information content (AvgIpc) is 3.06. The summed E-state index contributed by atoms with van der Waals surface area (Å²) in [4.78, 5) is 14.4. The first-order valence-electron chi connectivity index (χ1n) is 6.89. The van der Waals surface area contributed by atoms with Crippen LogP contribution in [0.15, 0.2) is 18.2 Å². The highest BCUT2D eigenvalue weighted by Crippen LogP contribution is 2.24. The van der Waals surface area contributed by atoms with Gasteiger partial charge in [-0.3, -0.25) is 4.79 Å². The third-order valence-electron chi connectivity index (χ3n) is 4.22. The molecule has 19 heavy (non-hydrogen) atoms. The van der Waals surface area contributed by atoms with Crippen LogP contribution in [0.2, 0.25) is 0 Å². The Kier molecular flexibility index (Phi) is 3.29. The summed E-state index contributed by atoms with van der Waals surface area (Å²) in [6, 6.07) is 6.05. The van der Waals surface area contributed by atoms with E-state index >= 15 is 0 Å². The van der Waals surface area contributed by atoms with Crippen LogP contribution in [0.5, 0.6) is 0 Å². The quantitative estimate of drug-likeness (QED) is 0.877. The zero-order valence-corrected chi connectivity index (χ0v) is 11.3. The van der Waals surface area contributed by atoms with E-state index in [1.165, 1.54) is 5.56 Å². The summed E-state index contributed by atoms with van der Waals surface area (Å²) in [5.41, 5.74) is 9.04. The largest absolute Gasteiger partial charge is 0.372 e. The van der Waals surface area contributed by atoms with Crippen molar-refractivity contribution >= 4 is 5.91 Å². The van der Waals surface area contributed by atoms with Gasteiger partial charge in [0.1, 0.15) is 0 Å². The number of hydrogen-bond acceptors (Lipinski definition) is 3. The Morgan fingerprint density at radius 3 is 2.95 bits per heavy atom. The van der Waals surface area contributed by atoms with Gasteiger partial charge in [0, 0.05) is 24.7 Å². The van der Waals surface area contributed by atoms with Gasteiger partial charge >= 0.3 is 0 Å². The number of benzene rings is 1. The first-order valence-corrected chi connectivity index (χ1v) is 6.89. The molecular formula is C15H20N2O2. The summed E-state index contributed by atoms with van der Waals surface area (Å²) in [6.07, 6.45) is 1.01. The van der Waals surface area contributed by atoms with Crippen molar-refractivity contribution in [3.8, 4) is 0 Å². The van der Waals surface area contributed by atoms with E-state index in [4.69, 9.17) is 10.5 Å². The fourth-order valence-electron chi connectivity index (χ4n) is 2.89. The van der Waals surface area contributed by atoms with Crippen molar-refractivity contribution in [1.82, 2.24) is 4.90 Å². The van der Waals surface area contributed by atoms with E-state index in [9.17, 15) is 4.79 Å². The molecule has 1 fully saturated rings. The molecule has 1 amide bonds. The van der Waals surface area contributed by atoms with Gasteiger partial charge in [-0.2, -0.15) is 0 Å². The van der Waals surface area contributed by atoms with Gasteiger partial charge in [0.25, 0.3) is 5.91 Å². The number of hydrogen-bond donors (Lipinski definition) is 1. The normalized spacial score (nSPS) is 23.5. The Bertz CT molecular complexity index is 499. The molecule has 0 aromatic heterocycles. The number of nitrogens with zero attached hydrogens (tertiary/aromatic N) is 1. The van der Waals surface area contributed by atoms with E-state index < -0.39 is 0 Å². The van der Waals surface area contributed by atoms with Crippen molar-refractivity contribution in [2.45, 2.75) is 32.6 Å². The fourth-order valence-corrected chi connectivity index (χ4v) is 2.89. The molecule has 0 saturated carbocycles. The number of rotatable bonds is 2. The van der Waals surface area contributed by atoms with Crippen LogP contribution in [-0.2, 0) is 18.0 Å². The Labute approximate surface area is 113 Å². The number of likely N-dealkylation sites (tertiary alicyclic amines) is 1. The number of amides is 1. The first kappa shape index (κ1) is 12.6. The molecule has 2 aliphatic heterocycles. The van der Waals surface area contributed by atoms with Gasteiger partial charge < -0.3 is 15.4 Å². The van der Waals surface area contributed by atoms with Crippen molar-refractivity contribution in [1.29, 1.82) is 0 Å². The maximum absolute atomic E-state index is 12.5. The van der Waals surface area contributed by atoms with E-state index in [1.54, 1.807) is 0 Å². The molecule has 2 unspecified atom stereocenters. The van der Waals surface area contributed by atoms with E-state index in [0.717, 1.165) is 30.6 Å². The van der Waals surface area contributed by atoms with Crippen LogP contribution in [-0.4, -0.2) is 29.9 Å². The van der Waals surface area contributed by atoms with Gasteiger partial charge in [-0.05, 0) is 42.5 Å². The lowest BCUT2D eigenvalue weighted by Gasteiger charge is -2.18. The topological polar surface area (TPSA) is 55.6 Å². The molecule has 2 N–H and O–H groups in total. The summed E-state index contributed by atoms with van der Waals surface area (Å²) >= 11 is 0. The van der Waals surface area contributed by atoms with Crippen molar-refractivity contribution < 1.29 is 9.53 Å². The monoisotopic (exact) mass is 260 g/mol. The van der Waals surface area contributed by atoms with Crippen molar-refractivity contribution in [3.63, 3.8) is 0 Å². The minimum atomic E-state index is 0.123. The second-order valence-corrected chi connectivity index (χ2v) is 5.64. The molecule has 1 aromatic rings. The average molecular weight is 260 g/mol. The standard InChI is InChI=1S/C15H20N2O2/c1-10(16)12-4-5-17(7-12)15(18)11-2-3-13-8-19-9-14(13)6-11/h2-3,6,10,12H,4-5,7-9,16H2,1H3. The van der Waals surface area contributed by atoms with Crippen LogP contribution < -0.4 is 5.73 Å². The van der Waals surface area contributed by atoms with Crippen LogP contribution >= 0.6 is 0 Å². The van der Waals surface area contributed by atoms with E-state index in [2.05, 4.69) is 0 Å². The molecular weight excluding hydrogens is 240 g/mol. The lowest BCUT2D eigenvalue weighted by atomic mass is 10.0. The van der Waals surface area contributed by atoms with Crippen LogP contribution in [0, 0.1) is 5.92 Å². The summed E-state index contributed by atoms with van der Waals surface area (Å²) in [5, 5.41) is 0. The molecule has 4 heteroatoms. The van der Waals surface area contributed by atoms with Gasteiger partial charge in [0.05, 0.1) is 13.2 Å². The predicted octanol–water partition coefficient (Wildman–Crippen LogP) is 1.53. The second-order valence-electron chi connectivity index (χ2n) is 5.64. The van der Waals surface area contributed by atoms with Crippen LogP contribution in [0.4, 0.5) is 0 Å². The lowest BCUT2D eigenvalue weighted by molar-refractivity contribution is 0.0786. The number of nitrogens with two attached hydrogens (primary N) is 1. The summed E-state index contributed by atoms with van der Waals surface area (Å²) < 4.78 is 5.38. The second kappa shape index (κ2) is 4.94. The van der Waals surface area contributed by atoms with Crippen molar-refractivity contribution in [2.75, 3.05) is 13.1 Å². The highest BCUT2D eigenvalue weighted by Gasteiger charge is 2.29. The fraction of sp³-hybridized carbons (Fsp3) is 0.533. The summed E-state index contributed by atoms with van der Waals surface area (Å²) in [6.45, 7) is 4.91. The number of fused-ring (bicyclic) bond motifs is 1. The molecule has 0 radical (unpaired) electrons. The van der Waals surface area contributed by atoms with Gasteiger partial charge in [0.15, 0.2) is 0 Å². The Hall–Kier alpha value is -1.39. The van der Waals surface area contributed by atoms with Crippen LogP contribution in [0.1, 0.15) is 34.8 Å². The molecule has 0 aliphatic carbocycles. The molecule has 3 rings (SSSR count). The summed E-state index contributed by atoms with van der Waals surface area (Å²) in [7, 11) is 0. The molecule has 102 valence electrons. The molecule has 2 heterocycles. The van der Waals surface area contributed by atoms with Crippen LogP contribution in [0.3, 0.4) is 0 Å². The van der Waals surface area contributed by atoms with Gasteiger partial charge in [-0.1, -0.05) is 6.07 Å². The van der Waals surface area contributed by atoms with E-state index in [0.29, 0.717) is 19.1 Å². The molecule has 2 aliphatic rings. The third kappa shape index (κ3) is 2.38. The number of carbonyl (C=O) groups excluding carboxylic acids is 1. The smallest absolute Gasteiger partial charge is 0.253 e. The van der Waals surface area contributed by atoms with Gasteiger partial charge in [0.2, 0.25) is 0 Å². The SMILES string of the molecule is CC(N)C1CCN(C(=O)c2ccc3c(c2)COC3)C1. The molecule has 1 aromatic carbocycles. The third-order valence-corrected chi connectivity index (χ3v) is 4.22. The maximum atomic E-state index is 12.5. The van der Waals surface area contributed by atoms with Crippen molar-refractivity contribution in [3.05, 3.63) is 34.9 Å². The Morgan fingerprint density at radius 2 is 2.21 bits per heavy atom.